The van der Waals surface area contributed by atoms with Gasteiger partial charge < -0.3 is 5.11 Å². The van der Waals surface area contributed by atoms with Gasteiger partial charge in [-0.25, -0.2) is 0 Å². The number of pyridine rings is 1. The van der Waals surface area contributed by atoms with Crippen molar-refractivity contribution < 1.29 is 9.90 Å². The lowest BCUT2D eigenvalue weighted by atomic mass is 9.93. The second kappa shape index (κ2) is 6.53. The van der Waals surface area contributed by atoms with Crippen molar-refractivity contribution in [3.63, 3.8) is 0 Å². The molecule has 0 saturated heterocycles. The molecule has 0 aliphatic carbocycles. The Kier molecular flexibility index (Phi) is 4.74. The number of hydrogen-bond donors (Lipinski definition) is 1. The van der Waals surface area contributed by atoms with Gasteiger partial charge in [-0.3, -0.25) is 9.78 Å². The summed E-state index contributed by atoms with van der Waals surface area (Å²) in [6, 6.07) is 9.28. The molecule has 0 amide bonds. The third-order valence-corrected chi connectivity index (χ3v) is 3.41. The van der Waals surface area contributed by atoms with E-state index in [1.165, 1.54) is 0 Å². The van der Waals surface area contributed by atoms with E-state index in [2.05, 4.69) is 4.98 Å². The quantitative estimate of drug-likeness (QED) is 0.916. The number of hydrogen-bond acceptors (Lipinski definition) is 2. The van der Waals surface area contributed by atoms with Gasteiger partial charge in [0.1, 0.15) is 0 Å². The highest BCUT2D eigenvalue weighted by Gasteiger charge is 2.18. The highest BCUT2D eigenvalue weighted by Crippen LogP contribution is 2.17. The van der Waals surface area contributed by atoms with E-state index in [9.17, 15) is 9.90 Å². The number of rotatable bonds is 5. The molecule has 20 heavy (non-hydrogen) atoms. The lowest BCUT2D eigenvalue weighted by molar-refractivity contribution is -0.141. The van der Waals surface area contributed by atoms with E-state index in [4.69, 9.17) is 11.6 Å². The number of aromatic nitrogens is 1. The summed E-state index contributed by atoms with van der Waals surface area (Å²) in [5.74, 6) is -1.25. The standard InChI is InChI=1S/C16H16ClNO2/c1-11-6-13(10-18-9-11)8-14(16(19)20)7-12-2-4-15(17)5-3-12/h2-6,9-10,14H,7-8H2,1H3,(H,19,20). The van der Waals surface area contributed by atoms with Crippen LogP contribution < -0.4 is 0 Å². The molecule has 0 aliphatic rings. The van der Waals surface area contributed by atoms with E-state index in [1.807, 2.05) is 25.1 Å². The van der Waals surface area contributed by atoms with Crippen LogP contribution in [-0.2, 0) is 17.6 Å². The van der Waals surface area contributed by atoms with Crippen molar-refractivity contribution in [3.8, 4) is 0 Å². The van der Waals surface area contributed by atoms with Crippen LogP contribution in [0, 0.1) is 12.8 Å². The molecule has 0 fully saturated rings. The van der Waals surface area contributed by atoms with Crippen LogP contribution in [-0.4, -0.2) is 16.1 Å². The van der Waals surface area contributed by atoms with Crippen LogP contribution >= 0.6 is 11.6 Å². The molecule has 1 heterocycles. The first kappa shape index (κ1) is 14.5. The van der Waals surface area contributed by atoms with Gasteiger partial charge in [0.05, 0.1) is 5.92 Å². The molecule has 104 valence electrons. The Bertz CT molecular complexity index is 596. The van der Waals surface area contributed by atoms with E-state index in [1.54, 1.807) is 24.5 Å². The fraction of sp³-hybridized carbons (Fsp3) is 0.250. The number of aliphatic carboxylic acids is 1. The fourth-order valence-electron chi connectivity index (χ4n) is 2.17. The van der Waals surface area contributed by atoms with E-state index >= 15 is 0 Å². The molecule has 1 unspecified atom stereocenters. The molecule has 2 aromatic rings. The largest absolute Gasteiger partial charge is 0.481 e. The van der Waals surface area contributed by atoms with Crippen molar-refractivity contribution in [2.45, 2.75) is 19.8 Å². The van der Waals surface area contributed by atoms with Gasteiger partial charge in [0, 0.05) is 17.4 Å². The molecule has 0 radical (unpaired) electrons. The number of halogens is 1. The molecule has 1 atom stereocenters. The number of carbonyl (C=O) groups is 1. The third-order valence-electron chi connectivity index (χ3n) is 3.16. The van der Waals surface area contributed by atoms with E-state index < -0.39 is 11.9 Å². The lowest BCUT2D eigenvalue weighted by Crippen LogP contribution is -2.19. The normalized spacial score (nSPS) is 12.1. The average Bonchev–Trinajstić information content (AvgIpc) is 2.40. The topological polar surface area (TPSA) is 50.2 Å². The maximum absolute atomic E-state index is 11.4. The molecule has 0 bridgehead atoms. The van der Waals surface area contributed by atoms with Gasteiger partial charge in [0.2, 0.25) is 0 Å². The highest BCUT2D eigenvalue weighted by atomic mass is 35.5. The van der Waals surface area contributed by atoms with E-state index in [-0.39, 0.29) is 0 Å². The van der Waals surface area contributed by atoms with Gasteiger partial charge in [-0.05, 0) is 48.6 Å². The minimum absolute atomic E-state index is 0.459. The summed E-state index contributed by atoms with van der Waals surface area (Å²) in [5.41, 5.74) is 2.96. The molecule has 3 nitrogen and oxygen atoms in total. The maximum Gasteiger partial charge on any atom is 0.307 e. The monoisotopic (exact) mass is 289 g/mol. The summed E-state index contributed by atoms with van der Waals surface area (Å²) in [5, 5.41) is 10.0. The second-order valence-corrected chi connectivity index (χ2v) is 5.38. The van der Waals surface area contributed by atoms with Crippen LogP contribution in [0.4, 0.5) is 0 Å². The average molecular weight is 290 g/mol. The van der Waals surface area contributed by atoms with Crippen molar-refractivity contribution in [1.82, 2.24) is 4.98 Å². The van der Waals surface area contributed by atoms with Crippen LogP contribution in [0.5, 0.6) is 0 Å². The Hall–Kier alpha value is -1.87. The molecule has 1 aromatic heterocycles. The van der Waals surface area contributed by atoms with Crippen LogP contribution in [0.15, 0.2) is 42.7 Å². The third kappa shape index (κ3) is 4.07. The van der Waals surface area contributed by atoms with Crippen molar-refractivity contribution in [2.24, 2.45) is 5.92 Å². The summed E-state index contributed by atoms with van der Waals surface area (Å²) < 4.78 is 0. The van der Waals surface area contributed by atoms with E-state index in [0.29, 0.717) is 17.9 Å². The molecule has 2 rings (SSSR count). The van der Waals surface area contributed by atoms with Gasteiger partial charge in [-0.1, -0.05) is 29.8 Å². The zero-order chi connectivity index (χ0) is 14.5. The molecule has 0 aliphatic heterocycles. The Morgan fingerprint density at radius 1 is 1.20 bits per heavy atom. The molecular weight excluding hydrogens is 274 g/mol. The summed E-state index contributed by atoms with van der Waals surface area (Å²) in [4.78, 5) is 15.5. The zero-order valence-corrected chi connectivity index (χ0v) is 12.0. The van der Waals surface area contributed by atoms with Crippen molar-refractivity contribution in [1.29, 1.82) is 0 Å². The van der Waals surface area contributed by atoms with Gasteiger partial charge in [-0.2, -0.15) is 0 Å². The van der Waals surface area contributed by atoms with Crippen molar-refractivity contribution in [2.75, 3.05) is 0 Å². The number of benzene rings is 1. The molecule has 1 aromatic carbocycles. The lowest BCUT2D eigenvalue weighted by Gasteiger charge is -2.12. The molecular formula is C16H16ClNO2. The summed E-state index contributed by atoms with van der Waals surface area (Å²) in [7, 11) is 0. The van der Waals surface area contributed by atoms with Crippen LogP contribution in [0.25, 0.3) is 0 Å². The van der Waals surface area contributed by atoms with Crippen molar-refractivity contribution >= 4 is 17.6 Å². The van der Waals surface area contributed by atoms with Crippen LogP contribution in [0.1, 0.15) is 16.7 Å². The van der Waals surface area contributed by atoms with Gasteiger partial charge in [0.15, 0.2) is 0 Å². The Balaban J connectivity index is 2.11. The minimum Gasteiger partial charge on any atom is -0.481 e. The smallest absolute Gasteiger partial charge is 0.307 e. The Labute approximate surface area is 123 Å². The molecule has 4 heteroatoms. The van der Waals surface area contributed by atoms with E-state index in [0.717, 1.165) is 16.7 Å². The predicted octanol–water partition coefficient (Wildman–Crippen LogP) is 3.53. The van der Waals surface area contributed by atoms with Gasteiger partial charge in [0.25, 0.3) is 0 Å². The molecule has 0 spiro atoms. The number of aryl methyl sites for hydroxylation is 1. The Morgan fingerprint density at radius 2 is 1.85 bits per heavy atom. The van der Waals surface area contributed by atoms with Gasteiger partial charge in [-0.15, -0.1) is 0 Å². The summed E-state index contributed by atoms with van der Waals surface area (Å²) in [6.45, 7) is 1.95. The summed E-state index contributed by atoms with van der Waals surface area (Å²) >= 11 is 5.83. The molecule has 0 saturated carbocycles. The van der Waals surface area contributed by atoms with Gasteiger partial charge >= 0.3 is 5.97 Å². The highest BCUT2D eigenvalue weighted by molar-refractivity contribution is 6.30. The first-order valence-electron chi connectivity index (χ1n) is 6.42. The number of nitrogens with zero attached hydrogens (tertiary/aromatic N) is 1. The van der Waals surface area contributed by atoms with Crippen molar-refractivity contribution in [3.05, 3.63) is 64.4 Å². The molecule has 1 N–H and O–H groups in total. The fourth-order valence-corrected chi connectivity index (χ4v) is 2.29. The van der Waals surface area contributed by atoms with Crippen LogP contribution in [0.3, 0.4) is 0 Å². The zero-order valence-electron chi connectivity index (χ0n) is 11.2. The maximum atomic E-state index is 11.4. The van der Waals surface area contributed by atoms with Crippen LogP contribution in [0.2, 0.25) is 5.02 Å². The first-order chi connectivity index (χ1) is 9.54. The predicted molar refractivity (Wildman–Crippen MR) is 79.0 cm³/mol. The SMILES string of the molecule is Cc1cncc(CC(Cc2ccc(Cl)cc2)C(=O)O)c1. The first-order valence-corrected chi connectivity index (χ1v) is 6.80. The summed E-state index contributed by atoms with van der Waals surface area (Å²) in [6.07, 6.45) is 4.45. The Morgan fingerprint density at radius 3 is 2.45 bits per heavy atom. The number of carboxylic acid groups (broad SMARTS) is 1. The number of carboxylic acids is 1. The minimum atomic E-state index is -0.790. The second-order valence-electron chi connectivity index (χ2n) is 4.94.